The molecular weight excluding hydrogens is 202 g/mol. The van der Waals surface area contributed by atoms with Crippen LogP contribution in [0.3, 0.4) is 0 Å². The number of hydrogen-bond acceptors (Lipinski definition) is 2. The molecule has 1 aromatic carbocycles. The molecule has 16 heavy (non-hydrogen) atoms. The predicted octanol–water partition coefficient (Wildman–Crippen LogP) is 2.07. The van der Waals surface area contributed by atoms with Gasteiger partial charge in [0.1, 0.15) is 6.54 Å². The second-order valence-corrected chi connectivity index (χ2v) is 4.87. The minimum atomic E-state index is -0.245. The molecule has 0 atom stereocenters. The van der Waals surface area contributed by atoms with Gasteiger partial charge in [-0.25, -0.2) is 4.79 Å². The van der Waals surface area contributed by atoms with Gasteiger partial charge in [-0.15, -0.1) is 0 Å². The Bertz CT molecular complexity index is 366. The molecule has 0 unspecified atom stereocenters. The van der Waals surface area contributed by atoms with Crippen molar-refractivity contribution in [3.63, 3.8) is 0 Å². The van der Waals surface area contributed by atoms with Gasteiger partial charge in [0.25, 0.3) is 0 Å². The van der Waals surface area contributed by atoms with E-state index >= 15 is 0 Å². The van der Waals surface area contributed by atoms with Crippen LogP contribution in [0.15, 0.2) is 24.3 Å². The molecule has 0 heterocycles. The fraction of sp³-hybridized carbons (Fsp3) is 0.462. The van der Waals surface area contributed by atoms with Crippen LogP contribution in [0.25, 0.3) is 0 Å². The van der Waals surface area contributed by atoms with Crippen LogP contribution in [0, 0.1) is 0 Å². The first-order chi connectivity index (χ1) is 7.42. The van der Waals surface area contributed by atoms with E-state index in [-0.39, 0.29) is 5.97 Å². The van der Waals surface area contributed by atoms with Crippen molar-refractivity contribution in [2.75, 3.05) is 27.7 Å². The van der Waals surface area contributed by atoms with Crippen molar-refractivity contribution >= 4 is 5.97 Å². The number of carbonyl (C=O) groups is 1. The molecule has 0 aliphatic rings. The molecule has 3 nitrogen and oxygen atoms in total. The highest BCUT2D eigenvalue weighted by atomic mass is 16.5. The van der Waals surface area contributed by atoms with Gasteiger partial charge < -0.3 is 9.22 Å². The first kappa shape index (κ1) is 12.7. The Labute approximate surface area is 97.2 Å². The summed E-state index contributed by atoms with van der Waals surface area (Å²) in [6.07, 6.45) is 0. The fourth-order valence-corrected chi connectivity index (χ4v) is 1.56. The molecule has 0 spiro atoms. The van der Waals surface area contributed by atoms with Crippen LogP contribution in [0.5, 0.6) is 0 Å². The molecule has 0 aromatic heterocycles. The molecular formula is C13H20NO2+. The highest BCUT2D eigenvalue weighted by Gasteiger charge is 2.11. The molecule has 88 valence electrons. The average molecular weight is 222 g/mol. The number of carbonyl (C=O) groups excluding carboxylic acids is 1. The number of benzene rings is 1. The fourth-order valence-electron chi connectivity index (χ4n) is 1.56. The number of rotatable bonds is 4. The van der Waals surface area contributed by atoms with Crippen LogP contribution >= 0.6 is 0 Å². The molecule has 3 heteroatoms. The van der Waals surface area contributed by atoms with Crippen molar-refractivity contribution in [1.29, 1.82) is 0 Å². The van der Waals surface area contributed by atoms with Crippen LogP contribution in [0.4, 0.5) is 0 Å². The first-order valence-electron chi connectivity index (χ1n) is 5.49. The maximum absolute atomic E-state index is 11.5. The molecule has 0 saturated heterocycles. The Morgan fingerprint density at radius 2 is 2.00 bits per heavy atom. The lowest BCUT2D eigenvalue weighted by Gasteiger charge is -2.24. The van der Waals surface area contributed by atoms with Gasteiger partial charge in [0.2, 0.25) is 0 Å². The lowest BCUT2D eigenvalue weighted by molar-refractivity contribution is -0.884. The minimum absolute atomic E-state index is 0.245. The summed E-state index contributed by atoms with van der Waals surface area (Å²) in [5.74, 6) is -0.245. The highest BCUT2D eigenvalue weighted by molar-refractivity contribution is 5.89. The standard InChI is InChI=1S/C13H20NO2/c1-5-16-13(15)12-8-6-7-11(9-12)10-14(2,3)4/h6-9H,5,10H2,1-4H3/q+1. The van der Waals surface area contributed by atoms with Crippen LogP contribution in [0.1, 0.15) is 22.8 Å². The molecule has 0 saturated carbocycles. The molecule has 1 rings (SSSR count). The van der Waals surface area contributed by atoms with Crippen molar-refractivity contribution in [1.82, 2.24) is 0 Å². The maximum Gasteiger partial charge on any atom is 0.338 e. The summed E-state index contributed by atoms with van der Waals surface area (Å²) in [5, 5.41) is 0. The third-order valence-corrected chi connectivity index (χ3v) is 2.10. The normalized spacial score (nSPS) is 11.2. The predicted molar refractivity (Wildman–Crippen MR) is 64.1 cm³/mol. The van der Waals surface area contributed by atoms with Crippen molar-refractivity contribution < 1.29 is 14.0 Å². The van der Waals surface area contributed by atoms with E-state index in [1.54, 1.807) is 6.07 Å². The van der Waals surface area contributed by atoms with Crippen molar-refractivity contribution in [3.05, 3.63) is 35.4 Å². The highest BCUT2D eigenvalue weighted by Crippen LogP contribution is 2.10. The average Bonchev–Trinajstić information content (AvgIpc) is 2.16. The van der Waals surface area contributed by atoms with Gasteiger partial charge in [-0.1, -0.05) is 12.1 Å². The summed E-state index contributed by atoms with van der Waals surface area (Å²) < 4.78 is 5.81. The van der Waals surface area contributed by atoms with E-state index in [2.05, 4.69) is 21.1 Å². The van der Waals surface area contributed by atoms with E-state index in [4.69, 9.17) is 4.74 Å². The molecule has 0 aliphatic heterocycles. The Kier molecular flexibility index (Phi) is 4.07. The maximum atomic E-state index is 11.5. The quantitative estimate of drug-likeness (QED) is 0.576. The number of nitrogens with zero attached hydrogens (tertiary/aromatic N) is 1. The van der Waals surface area contributed by atoms with Crippen LogP contribution in [-0.2, 0) is 11.3 Å². The second-order valence-electron chi connectivity index (χ2n) is 4.87. The largest absolute Gasteiger partial charge is 0.462 e. The van der Waals surface area contributed by atoms with Gasteiger partial charge in [-0.2, -0.15) is 0 Å². The number of hydrogen-bond donors (Lipinski definition) is 0. The van der Waals surface area contributed by atoms with Gasteiger partial charge in [0.05, 0.1) is 33.3 Å². The summed E-state index contributed by atoms with van der Waals surface area (Å²) in [6, 6.07) is 7.63. The van der Waals surface area contributed by atoms with E-state index in [1.807, 2.05) is 25.1 Å². The van der Waals surface area contributed by atoms with Crippen LogP contribution in [-0.4, -0.2) is 38.2 Å². The van der Waals surface area contributed by atoms with E-state index in [9.17, 15) is 4.79 Å². The van der Waals surface area contributed by atoms with Gasteiger partial charge in [0.15, 0.2) is 0 Å². The zero-order chi connectivity index (χ0) is 12.2. The van der Waals surface area contributed by atoms with E-state index in [0.717, 1.165) is 16.6 Å². The zero-order valence-electron chi connectivity index (χ0n) is 10.5. The molecule has 0 radical (unpaired) electrons. The Balaban J connectivity index is 2.83. The number of quaternary nitrogens is 1. The van der Waals surface area contributed by atoms with Crippen LogP contribution in [0.2, 0.25) is 0 Å². The van der Waals surface area contributed by atoms with Crippen LogP contribution < -0.4 is 0 Å². The molecule has 0 N–H and O–H groups in total. The molecule has 0 aliphatic carbocycles. The third kappa shape index (κ3) is 4.03. The second kappa shape index (κ2) is 5.12. The van der Waals surface area contributed by atoms with E-state index in [1.165, 1.54) is 0 Å². The molecule has 0 amide bonds. The monoisotopic (exact) mass is 222 g/mol. The Hall–Kier alpha value is -1.35. The topological polar surface area (TPSA) is 26.3 Å². The van der Waals surface area contributed by atoms with Gasteiger partial charge >= 0.3 is 5.97 Å². The Morgan fingerprint density at radius 3 is 2.56 bits per heavy atom. The van der Waals surface area contributed by atoms with Crippen molar-refractivity contribution in [2.24, 2.45) is 0 Å². The minimum Gasteiger partial charge on any atom is -0.462 e. The summed E-state index contributed by atoms with van der Waals surface area (Å²) >= 11 is 0. The lowest BCUT2D eigenvalue weighted by Crippen LogP contribution is -2.33. The summed E-state index contributed by atoms with van der Waals surface area (Å²) in [4.78, 5) is 11.5. The number of esters is 1. The molecule has 0 bridgehead atoms. The summed E-state index contributed by atoms with van der Waals surface area (Å²) in [5.41, 5.74) is 1.78. The SMILES string of the molecule is CCOC(=O)c1cccc(C[N+](C)(C)C)c1. The first-order valence-corrected chi connectivity index (χ1v) is 5.49. The lowest BCUT2D eigenvalue weighted by atomic mass is 10.1. The Morgan fingerprint density at radius 1 is 1.31 bits per heavy atom. The van der Waals surface area contributed by atoms with Gasteiger partial charge in [-0.05, 0) is 19.1 Å². The van der Waals surface area contributed by atoms with Gasteiger partial charge in [0, 0.05) is 5.56 Å². The molecule has 1 aromatic rings. The zero-order valence-corrected chi connectivity index (χ0v) is 10.5. The van der Waals surface area contributed by atoms with Gasteiger partial charge in [-0.3, -0.25) is 0 Å². The van der Waals surface area contributed by atoms with Crippen molar-refractivity contribution in [3.8, 4) is 0 Å². The van der Waals surface area contributed by atoms with E-state index in [0.29, 0.717) is 12.2 Å². The smallest absolute Gasteiger partial charge is 0.338 e. The molecule has 0 fully saturated rings. The number of ether oxygens (including phenoxy) is 1. The summed E-state index contributed by atoms with van der Waals surface area (Å²) in [6.45, 7) is 3.12. The summed E-state index contributed by atoms with van der Waals surface area (Å²) in [7, 11) is 6.37. The third-order valence-electron chi connectivity index (χ3n) is 2.10. The van der Waals surface area contributed by atoms with Crippen molar-refractivity contribution in [2.45, 2.75) is 13.5 Å². The van der Waals surface area contributed by atoms with E-state index < -0.39 is 0 Å².